The maximum atomic E-state index is 12.3. The maximum Gasteiger partial charge on any atom is 0.251 e. The molecule has 0 radical (unpaired) electrons. The summed E-state index contributed by atoms with van der Waals surface area (Å²) in [5, 5.41) is 2.83. The van der Waals surface area contributed by atoms with Gasteiger partial charge in [-0.15, -0.1) is 0 Å². The molecule has 8 heteroatoms. The van der Waals surface area contributed by atoms with Crippen molar-refractivity contribution in [2.45, 2.75) is 13.3 Å². The van der Waals surface area contributed by atoms with Gasteiger partial charge in [0.05, 0.1) is 24.5 Å². The van der Waals surface area contributed by atoms with Crippen molar-refractivity contribution in [2.75, 3.05) is 23.7 Å². The SMILES string of the molecule is COc1ccccc1CCNC(=O)c1ccc(N2C(=O)[C@@H](C)CS2(=O)=O)cc1. The molecule has 0 saturated carbocycles. The predicted molar refractivity (Wildman–Crippen MR) is 106 cm³/mol. The molecule has 7 nitrogen and oxygen atoms in total. The minimum Gasteiger partial charge on any atom is -0.496 e. The van der Waals surface area contributed by atoms with E-state index in [1.54, 1.807) is 14.0 Å². The number of anilines is 1. The maximum absolute atomic E-state index is 12.3. The Bertz CT molecular complexity index is 986. The molecule has 1 fully saturated rings. The highest BCUT2D eigenvalue weighted by Gasteiger charge is 2.41. The van der Waals surface area contributed by atoms with Crippen molar-refractivity contribution in [3.05, 3.63) is 59.7 Å². The highest BCUT2D eigenvalue weighted by molar-refractivity contribution is 7.94. The Labute approximate surface area is 164 Å². The number of nitrogens with one attached hydrogen (secondary N) is 1. The van der Waals surface area contributed by atoms with Crippen LogP contribution in [0.2, 0.25) is 0 Å². The molecule has 148 valence electrons. The van der Waals surface area contributed by atoms with Crippen LogP contribution in [-0.4, -0.2) is 39.6 Å². The molecule has 28 heavy (non-hydrogen) atoms. The summed E-state index contributed by atoms with van der Waals surface area (Å²) in [6, 6.07) is 13.6. The number of hydrogen-bond donors (Lipinski definition) is 1. The van der Waals surface area contributed by atoms with Crippen LogP contribution in [0.5, 0.6) is 5.75 Å². The Balaban J connectivity index is 1.63. The summed E-state index contributed by atoms with van der Waals surface area (Å²) in [5.74, 6) is -0.717. The topological polar surface area (TPSA) is 92.8 Å². The van der Waals surface area contributed by atoms with Crippen LogP contribution in [-0.2, 0) is 21.2 Å². The van der Waals surface area contributed by atoms with E-state index < -0.39 is 21.8 Å². The van der Waals surface area contributed by atoms with Gasteiger partial charge in [0.1, 0.15) is 5.75 Å². The first-order valence-corrected chi connectivity index (χ1v) is 10.5. The van der Waals surface area contributed by atoms with Crippen LogP contribution < -0.4 is 14.4 Å². The lowest BCUT2D eigenvalue weighted by atomic mass is 10.1. The number of nitrogens with zero attached hydrogens (tertiary/aromatic N) is 1. The van der Waals surface area contributed by atoms with Crippen molar-refractivity contribution in [1.29, 1.82) is 0 Å². The van der Waals surface area contributed by atoms with E-state index in [0.717, 1.165) is 15.6 Å². The fourth-order valence-corrected chi connectivity index (χ4v) is 4.98. The second-order valence-electron chi connectivity index (χ2n) is 6.65. The minimum atomic E-state index is -3.65. The van der Waals surface area contributed by atoms with Gasteiger partial charge in [-0.1, -0.05) is 25.1 Å². The van der Waals surface area contributed by atoms with Crippen LogP contribution in [0, 0.1) is 5.92 Å². The molecule has 0 unspecified atom stereocenters. The Kier molecular flexibility index (Phi) is 5.69. The van der Waals surface area contributed by atoms with Crippen LogP contribution >= 0.6 is 0 Å². The number of amides is 2. The molecule has 1 aliphatic heterocycles. The fourth-order valence-electron chi connectivity index (χ4n) is 3.16. The molecule has 2 aromatic rings. The molecule has 1 saturated heterocycles. The van der Waals surface area contributed by atoms with Crippen molar-refractivity contribution >= 4 is 27.5 Å². The number of ether oxygens (including phenoxy) is 1. The first kappa shape index (κ1) is 19.9. The van der Waals surface area contributed by atoms with E-state index in [0.29, 0.717) is 18.5 Å². The standard InChI is InChI=1S/C20H22N2O5S/c1-14-13-28(25,26)22(20(14)24)17-9-7-16(8-10-17)19(23)21-12-11-15-5-3-4-6-18(15)27-2/h3-10,14H,11-13H2,1-2H3,(H,21,23)/t14-/m0/s1. The third kappa shape index (κ3) is 4.01. The monoisotopic (exact) mass is 402 g/mol. The van der Waals surface area contributed by atoms with Crippen LogP contribution in [0.4, 0.5) is 5.69 Å². The number of carbonyl (C=O) groups excluding carboxylic acids is 2. The molecule has 2 amide bonds. The molecule has 3 rings (SSSR count). The zero-order valence-corrected chi connectivity index (χ0v) is 16.5. The lowest BCUT2D eigenvalue weighted by Gasteiger charge is -2.15. The minimum absolute atomic E-state index is 0.197. The summed E-state index contributed by atoms with van der Waals surface area (Å²) in [6.07, 6.45) is 0.617. The fraction of sp³-hybridized carbons (Fsp3) is 0.300. The largest absolute Gasteiger partial charge is 0.496 e. The lowest BCUT2D eigenvalue weighted by molar-refractivity contribution is -0.119. The van der Waals surface area contributed by atoms with Crippen molar-refractivity contribution < 1.29 is 22.7 Å². The normalized spacial score (nSPS) is 18.1. The number of methoxy groups -OCH3 is 1. The Morgan fingerprint density at radius 3 is 2.46 bits per heavy atom. The summed E-state index contributed by atoms with van der Waals surface area (Å²) in [5.41, 5.74) is 1.63. The zero-order valence-electron chi connectivity index (χ0n) is 15.7. The number of hydrogen-bond acceptors (Lipinski definition) is 5. The average molecular weight is 402 g/mol. The smallest absolute Gasteiger partial charge is 0.251 e. The van der Waals surface area contributed by atoms with Crippen molar-refractivity contribution in [2.24, 2.45) is 5.92 Å². The van der Waals surface area contributed by atoms with Gasteiger partial charge in [0.15, 0.2) is 0 Å². The van der Waals surface area contributed by atoms with E-state index in [1.807, 2.05) is 24.3 Å². The molecule has 0 spiro atoms. The van der Waals surface area contributed by atoms with E-state index in [9.17, 15) is 18.0 Å². The van der Waals surface area contributed by atoms with Gasteiger partial charge in [-0.3, -0.25) is 9.59 Å². The number of rotatable bonds is 6. The first-order chi connectivity index (χ1) is 13.3. The van der Waals surface area contributed by atoms with Gasteiger partial charge in [0.2, 0.25) is 15.9 Å². The first-order valence-electron chi connectivity index (χ1n) is 8.90. The van der Waals surface area contributed by atoms with Gasteiger partial charge in [-0.05, 0) is 42.3 Å². The van der Waals surface area contributed by atoms with Crippen LogP contribution in [0.25, 0.3) is 0 Å². The van der Waals surface area contributed by atoms with Gasteiger partial charge in [0.25, 0.3) is 5.91 Å². The highest BCUT2D eigenvalue weighted by atomic mass is 32.2. The van der Waals surface area contributed by atoms with Gasteiger partial charge in [-0.2, -0.15) is 0 Å². The molecule has 1 N–H and O–H groups in total. The summed E-state index contributed by atoms with van der Waals surface area (Å²) in [6.45, 7) is 2.01. The third-order valence-electron chi connectivity index (χ3n) is 4.60. The van der Waals surface area contributed by atoms with Gasteiger partial charge >= 0.3 is 0 Å². The molecule has 1 atom stereocenters. The second kappa shape index (κ2) is 8.02. The number of carbonyl (C=O) groups is 2. The van der Waals surface area contributed by atoms with Crippen molar-refractivity contribution in [3.63, 3.8) is 0 Å². The van der Waals surface area contributed by atoms with Crippen LogP contribution in [0.1, 0.15) is 22.8 Å². The van der Waals surface area contributed by atoms with E-state index in [2.05, 4.69) is 5.32 Å². The van der Waals surface area contributed by atoms with E-state index in [4.69, 9.17) is 4.74 Å². The predicted octanol–water partition coefficient (Wildman–Crippen LogP) is 1.98. The number of para-hydroxylation sites is 1. The molecule has 0 bridgehead atoms. The summed E-state index contributed by atoms with van der Waals surface area (Å²) < 4.78 is 30.4. The summed E-state index contributed by atoms with van der Waals surface area (Å²) in [7, 11) is -2.05. The Morgan fingerprint density at radius 2 is 1.86 bits per heavy atom. The molecule has 2 aromatic carbocycles. The van der Waals surface area contributed by atoms with Crippen molar-refractivity contribution in [3.8, 4) is 5.75 Å². The lowest BCUT2D eigenvalue weighted by Crippen LogP contribution is -2.30. The number of sulfonamides is 1. The molecule has 1 aliphatic rings. The van der Waals surface area contributed by atoms with Crippen LogP contribution in [0.15, 0.2) is 48.5 Å². The quantitative estimate of drug-likeness (QED) is 0.798. The highest BCUT2D eigenvalue weighted by Crippen LogP contribution is 2.28. The van der Waals surface area contributed by atoms with Gasteiger partial charge in [-0.25, -0.2) is 12.7 Å². The summed E-state index contributed by atoms with van der Waals surface area (Å²) >= 11 is 0. The molecule has 1 heterocycles. The van der Waals surface area contributed by atoms with Crippen molar-refractivity contribution in [1.82, 2.24) is 5.32 Å². The Hall–Kier alpha value is -2.87. The summed E-state index contributed by atoms with van der Waals surface area (Å²) in [4.78, 5) is 24.5. The van der Waals surface area contributed by atoms with E-state index in [-0.39, 0.29) is 17.3 Å². The molecule has 0 aromatic heterocycles. The molecular formula is C20H22N2O5S. The van der Waals surface area contributed by atoms with E-state index in [1.165, 1.54) is 24.3 Å². The zero-order chi connectivity index (χ0) is 20.3. The number of benzene rings is 2. The molecular weight excluding hydrogens is 380 g/mol. The average Bonchev–Trinajstić information content (AvgIpc) is 2.89. The van der Waals surface area contributed by atoms with Crippen LogP contribution in [0.3, 0.4) is 0 Å². The molecule has 0 aliphatic carbocycles. The van der Waals surface area contributed by atoms with Gasteiger partial charge < -0.3 is 10.1 Å². The Morgan fingerprint density at radius 1 is 1.18 bits per heavy atom. The third-order valence-corrected chi connectivity index (χ3v) is 6.47. The van der Waals surface area contributed by atoms with E-state index >= 15 is 0 Å². The second-order valence-corrected chi connectivity index (χ2v) is 8.51. The van der Waals surface area contributed by atoms with Gasteiger partial charge in [0, 0.05) is 12.1 Å².